The van der Waals surface area contributed by atoms with E-state index in [4.69, 9.17) is 15.2 Å². The minimum Gasteiger partial charge on any atom is -0.496 e. The first kappa shape index (κ1) is 14.7. The Hall–Kier alpha value is -1.75. The van der Waals surface area contributed by atoms with E-state index in [2.05, 4.69) is 4.90 Å². The van der Waals surface area contributed by atoms with Crippen LogP contribution in [0.1, 0.15) is 29.6 Å². The van der Waals surface area contributed by atoms with Gasteiger partial charge in [-0.15, -0.1) is 0 Å². The van der Waals surface area contributed by atoms with Gasteiger partial charge in [0.25, 0.3) is 0 Å². The van der Waals surface area contributed by atoms with Gasteiger partial charge in [0.2, 0.25) is 0 Å². The van der Waals surface area contributed by atoms with Gasteiger partial charge in [-0.3, -0.25) is 4.90 Å². The number of esters is 1. The summed E-state index contributed by atoms with van der Waals surface area (Å²) in [6.45, 7) is 3.40. The molecule has 0 unspecified atom stereocenters. The van der Waals surface area contributed by atoms with E-state index in [1.54, 1.807) is 18.2 Å². The van der Waals surface area contributed by atoms with Crippen molar-refractivity contribution < 1.29 is 14.3 Å². The minimum absolute atomic E-state index is 0.362. The van der Waals surface area contributed by atoms with Gasteiger partial charge in [-0.05, 0) is 38.1 Å². The molecule has 0 aromatic heterocycles. The van der Waals surface area contributed by atoms with Crippen molar-refractivity contribution in [1.82, 2.24) is 4.90 Å². The highest BCUT2D eigenvalue weighted by Gasteiger charge is 2.15. The first-order chi connectivity index (χ1) is 9.70. The van der Waals surface area contributed by atoms with Crippen molar-refractivity contribution in [2.75, 3.05) is 39.1 Å². The third-order valence-electron chi connectivity index (χ3n) is 3.53. The summed E-state index contributed by atoms with van der Waals surface area (Å²) in [4.78, 5) is 14.3. The predicted molar refractivity (Wildman–Crippen MR) is 78.0 cm³/mol. The third-order valence-corrected chi connectivity index (χ3v) is 3.53. The number of carbonyl (C=O) groups is 1. The number of nitrogens with two attached hydrogens (primary N) is 1. The van der Waals surface area contributed by atoms with Crippen LogP contribution in [0.15, 0.2) is 18.2 Å². The second kappa shape index (κ2) is 7.14. The Morgan fingerprint density at radius 2 is 2.05 bits per heavy atom. The Kier molecular flexibility index (Phi) is 5.24. The number of nitrogens with zero attached hydrogens (tertiary/aromatic N) is 1. The van der Waals surface area contributed by atoms with Gasteiger partial charge in [-0.2, -0.15) is 0 Å². The SMILES string of the molecule is COc1cc(N)ccc1C(=O)OCCN1CCCCC1. The standard InChI is InChI=1S/C15H22N2O3/c1-19-14-11-12(16)5-6-13(14)15(18)20-10-9-17-7-3-2-4-8-17/h5-6,11H,2-4,7-10,16H2,1H3. The van der Waals surface area contributed by atoms with Gasteiger partial charge in [0.15, 0.2) is 0 Å². The average Bonchev–Trinajstić information content (AvgIpc) is 2.48. The molecule has 0 atom stereocenters. The topological polar surface area (TPSA) is 64.8 Å². The van der Waals surface area contributed by atoms with E-state index in [9.17, 15) is 4.79 Å². The van der Waals surface area contributed by atoms with E-state index in [0.29, 0.717) is 23.6 Å². The summed E-state index contributed by atoms with van der Waals surface area (Å²) in [5.41, 5.74) is 6.64. The fraction of sp³-hybridized carbons (Fsp3) is 0.533. The molecule has 1 fully saturated rings. The summed E-state index contributed by atoms with van der Waals surface area (Å²) in [7, 11) is 1.51. The Labute approximate surface area is 119 Å². The minimum atomic E-state index is -0.362. The van der Waals surface area contributed by atoms with Crippen molar-refractivity contribution in [3.8, 4) is 5.75 Å². The molecule has 2 rings (SSSR count). The number of benzene rings is 1. The van der Waals surface area contributed by atoms with E-state index >= 15 is 0 Å². The third kappa shape index (κ3) is 3.87. The maximum atomic E-state index is 12.0. The van der Waals surface area contributed by atoms with Crippen molar-refractivity contribution >= 4 is 11.7 Å². The normalized spacial score (nSPS) is 15.8. The molecule has 0 radical (unpaired) electrons. The predicted octanol–water partition coefficient (Wildman–Crippen LogP) is 1.92. The molecule has 0 saturated carbocycles. The Balaban J connectivity index is 1.85. The molecule has 0 aliphatic carbocycles. The number of anilines is 1. The first-order valence-corrected chi connectivity index (χ1v) is 7.03. The Morgan fingerprint density at radius 3 is 2.75 bits per heavy atom. The molecule has 1 aromatic rings. The summed E-state index contributed by atoms with van der Waals surface area (Å²) in [6.07, 6.45) is 3.78. The van der Waals surface area contributed by atoms with Gasteiger partial charge >= 0.3 is 5.97 Å². The van der Waals surface area contributed by atoms with Gasteiger partial charge in [0.05, 0.1) is 7.11 Å². The van der Waals surface area contributed by atoms with Crippen LogP contribution in [0.2, 0.25) is 0 Å². The number of hydrogen-bond acceptors (Lipinski definition) is 5. The molecule has 0 bridgehead atoms. The Bertz CT molecular complexity index is 456. The number of likely N-dealkylation sites (tertiary alicyclic amines) is 1. The maximum absolute atomic E-state index is 12.0. The molecule has 110 valence electrons. The van der Waals surface area contributed by atoms with E-state index < -0.39 is 0 Å². The molecule has 5 nitrogen and oxygen atoms in total. The fourth-order valence-electron chi connectivity index (χ4n) is 2.40. The lowest BCUT2D eigenvalue weighted by Crippen LogP contribution is -2.33. The summed E-state index contributed by atoms with van der Waals surface area (Å²) < 4.78 is 10.5. The summed E-state index contributed by atoms with van der Waals surface area (Å²) in [5, 5.41) is 0. The molecular weight excluding hydrogens is 256 g/mol. The zero-order valence-electron chi connectivity index (χ0n) is 11.9. The zero-order chi connectivity index (χ0) is 14.4. The Morgan fingerprint density at radius 1 is 1.30 bits per heavy atom. The molecular formula is C15H22N2O3. The number of nitrogen functional groups attached to an aromatic ring is 1. The summed E-state index contributed by atoms with van der Waals surface area (Å²) in [5.74, 6) is 0.0897. The van der Waals surface area contributed by atoms with E-state index in [1.165, 1.54) is 26.4 Å². The molecule has 1 aliphatic rings. The molecule has 5 heteroatoms. The van der Waals surface area contributed by atoms with Crippen molar-refractivity contribution in [2.45, 2.75) is 19.3 Å². The van der Waals surface area contributed by atoms with Gasteiger partial charge in [0, 0.05) is 18.3 Å². The lowest BCUT2D eigenvalue weighted by atomic mass is 10.1. The van der Waals surface area contributed by atoms with Gasteiger partial charge in [0.1, 0.15) is 17.9 Å². The smallest absolute Gasteiger partial charge is 0.341 e. The first-order valence-electron chi connectivity index (χ1n) is 7.03. The number of carbonyl (C=O) groups excluding carboxylic acids is 1. The number of rotatable bonds is 5. The highest BCUT2D eigenvalue weighted by Crippen LogP contribution is 2.22. The van der Waals surface area contributed by atoms with Gasteiger partial charge in [-0.25, -0.2) is 4.79 Å². The second-order valence-electron chi connectivity index (χ2n) is 5.00. The molecule has 1 aromatic carbocycles. The summed E-state index contributed by atoms with van der Waals surface area (Å²) >= 11 is 0. The van der Waals surface area contributed by atoms with Crippen LogP contribution >= 0.6 is 0 Å². The van der Waals surface area contributed by atoms with Crippen LogP contribution in [0.3, 0.4) is 0 Å². The molecule has 1 heterocycles. The average molecular weight is 278 g/mol. The van der Waals surface area contributed by atoms with E-state index in [0.717, 1.165) is 19.6 Å². The van der Waals surface area contributed by atoms with Crippen molar-refractivity contribution in [3.63, 3.8) is 0 Å². The quantitative estimate of drug-likeness (QED) is 0.658. The molecule has 0 amide bonds. The van der Waals surface area contributed by atoms with Crippen molar-refractivity contribution in [3.05, 3.63) is 23.8 Å². The lowest BCUT2D eigenvalue weighted by Gasteiger charge is -2.25. The molecule has 1 aliphatic heterocycles. The van der Waals surface area contributed by atoms with Crippen LogP contribution in [0.5, 0.6) is 5.75 Å². The number of piperidine rings is 1. The van der Waals surface area contributed by atoms with Crippen LogP contribution in [-0.4, -0.2) is 44.2 Å². The highest BCUT2D eigenvalue weighted by atomic mass is 16.5. The highest BCUT2D eigenvalue weighted by molar-refractivity contribution is 5.93. The van der Waals surface area contributed by atoms with Gasteiger partial charge < -0.3 is 15.2 Å². The molecule has 1 saturated heterocycles. The monoisotopic (exact) mass is 278 g/mol. The molecule has 2 N–H and O–H groups in total. The molecule has 20 heavy (non-hydrogen) atoms. The number of ether oxygens (including phenoxy) is 2. The van der Waals surface area contributed by atoms with Crippen LogP contribution in [0.4, 0.5) is 5.69 Å². The van der Waals surface area contributed by atoms with Crippen LogP contribution in [0, 0.1) is 0 Å². The van der Waals surface area contributed by atoms with Gasteiger partial charge in [-0.1, -0.05) is 6.42 Å². The van der Waals surface area contributed by atoms with E-state index in [-0.39, 0.29) is 5.97 Å². The van der Waals surface area contributed by atoms with Crippen molar-refractivity contribution in [2.24, 2.45) is 0 Å². The largest absolute Gasteiger partial charge is 0.496 e. The second-order valence-corrected chi connectivity index (χ2v) is 5.00. The van der Waals surface area contributed by atoms with Crippen molar-refractivity contribution in [1.29, 1.82) is 0 Å². The molecule has 0 spiro atoms. The summed E-state index contributed by atoms with van der Waals surface area (Å²) in [6, 6.07) is 4.93. The zero-order valence-corrected chi connectivity index (χ0v) is 11.9. The van der Waals surface area contributed by atoms with E-state index in [1.807, 2.05) is 0 Å². The number of hydrogen-bond donors (Lipinski definition) is 1. The fourth-order valence-corrected chi connectivity index (χ4v) is 2.40. The van der Waals surface area contributed by atoms with Crippen LogP contribution in [-0.2, 0) is 4.74 Å². The maximum Gasteiger partial charge on any atom is 0.341 e. The lowest BCUT2D eigenvalue weighted by molar-refractivity contribution is 0.0448. The van der Waals surface area contributed by atoms with Crippen LogP contribution in [0.25, 0.3) is 0 Å². The van der Waals surface area contributed by atoms with Crippen LogP contribution < -0.4 is 10.5 Å². The number of methoxy groups -OCH3 is 1.